The number of para-hydroxylation sites is 1. The lowest BCUT2D eigenvalue weighted by molar-refractivity contribution is -0.130. The van der Waals surface area contributed by atoms with Gasteiger partial charge in [-0.1, -0.05) is 18.2 Å². The summed E-state index contributed by atoms with van der Waals surface area (Å²) in [5.74, 6) is 1.13. The summed E-state index contributed by atoms with van der Waals surface area (Å²) in [5, 5.41) is 0. The number of carbonyl (C=O) groups excluding carboxylic acids is 1. The van der Waals surface area contributed by atoms with Crippen LogP contribution >= 0.6 is 0 Å². The monoisotopic (exact) mass is 346 g/mol. The number of rotatable bonds is 5. The highest BCUT2D eigenvalue weighted by molar-refractivity contribution is 5.73. The molecule has 0 aromatic heterocycles. The number of amides is 1. The minimum absolute atomic E-state index is 0.192. The van der Waals surface area contributed by atoms with E-state index < -0.39 is 0 Å². The summed E-state index contributed by atoms with van der Waals surface area (Å²) in [6.45, 7) is 7.99. The van der Waals surface area contributed by atoms with E-state index in [9.17, 15) is 4.79 Å². The lowest BCUT2D eigenvalue weighted by Crippen LogP contribution is -2.48. The molecule has 1 atom stereocenters. The first-order valence-electron chi connectivity index (χ1n) is 9.26. The standard InChI is InChI=1S/C20H30N2O3/c1-16-6-4-5-7-19(16)25-15-20(24-3)10-13-22(14-20)18-8-11-21(12-9-18)17(2)23/h4-7,18H,8-15H2,1-3H3/t20-/m0/s1. The molecule has 2 heterocycles. The summed E-state index contributed by atoms with van der Waals surface area (Å²) in [6, 6.07) is 8.66. The Morgan fingerprint density at radius 3 is 2.60 bits per heavy atom. The van der Waals surface area contributed by atoms with Gasteiger partial charge in [-0.25, -0.2) is 0 Å². The molecule has 2 aliphatic rings. The van der Waals surface area contributed by atoms with Crippen LogP contribution in [0.3, 0.4) is 0 Å². The van der Waals surface area contributed by atoms with Gasteiger partial charge in [0.15, 0.2) is 0 Å². The van der Waals surface area contributed by atoms with Crippen molar-refractivity contribution in [1.29, 1.82) is 0 Å². The van der Waals surface area contributed by atoms with E-state index in [-0.39, 0.29) is 11.5 Å². The van der Waals surface area contributed by atoms with Gasteiger partial charge in [0.1, 0.15) is 18.0 Å². The van der Waals surface area contributed by atoms with Gasteiger partial charge < -0.3 is 14.4 Å². The number of benzene rings is 1. The number of methoxy groups -OCH3 is 1. The maximum Gasteiger partial charge on any atom is 0.219 e. The van der Waals surface area contributed by atoms with Crippen LogP contribution in [0.15, 0.2) is 24.3 Å². The number of carbonyl (C=O) groups is 1. The molecule has 0 spiro atoms. The third-order valence-electron chi connectivity index (χ3n) is 5.79. The molecule has 0 aliphatic carbocycles. The van der Waals surface area contributed by atoms with Crippen LogP contribution in [0.2, 0.25) is 0 Å². The molecule has 0 N–H and O–H groups in total. The molecule has 3 rings (SSSR count). The van der Waals surface area contributed by atoms with Crippen molar-refractivity contribution in [3.8, 4) is 5.75 Å². The van der Waals surface area contributed by atoms with E-state index in [1.165, 1.54) is 0 Å². The maximum absolute atomic E-state index is 11.5. The highest BCUT2D eigenvalue weighted by Gasteiger charge is 2.42. The second-order valence-corrected chi connectivity index (χ2v) is 7.40. The van der Waals surface area contributed by atoms with Crippen LogP contribution in [-0.4, -0.2) is 67.2 Å². The Morgan fingerprint density at radius 1 is 1.24 bits per heavy atom. The Bertz CT molecular complexity index is 598. The first-order valence-corrected chi connectivity index (χ1v) is 9.26. The largest absolute Gasteiger partial charge is 0.490 e. The third-order valence-corrected chi connectivity index (χ3v) is 5.79. The fourth-order valence-corrected chi connectivity index (χ4v) is 4.00. The third kappa shape index (κ3) is 4.15. The van der Waals surface area contributed by atoms with Crippen molar-refractivity contribution in [2.24, 2.45) is 0 Å². The van der Waals surface area contributed by atoms with Gasteiger partial charge in [0.05, 0.1) is 0 Å². The van der Waals surface area contributed by atoms with E-state index in [4.69, 9.17) is 9.47 Å². The van der Waals surface area contributed by atoms with E-state index in [1.807, 2.05) is 23.1 Å². The van der Waals surface area contributed by atoms with Gasteiger partial charge in [-0.2, -0.15) is 0 Å². The van der Waals surface area contributed by atoms with Gasteiger partial charge in [0.2, 0.25) is 5.91 Å². The van der Waals surface area contributed by atoms with Crippen molar-refractivity contribution in [2.45, 2.75) is 44.8 Å². The van der Waals surface area contributed by atoms with Crippen molar-refractivity contribution in [2.75, 3.05) is 39.9 Å². The van der Waals surface area contributed by atoms with Crippen LogP contribution in [0, 0.1) is 6.92 Å². The van der Waals surface area contributed by atoms with Gasteiger partial charge in [-0.15, -0.1) is 0 Å². The van der Waals surface area contributed by atoms with Crippen LogP contribution in [0.4, 0.5) is 0 Å². The Morgan fingerprint density at radius 2 is 1.96 bits per heavy atom. The predicted molar refractivity (Wildman–Crippen MR) is 97.9 cm³/mol. The summed E-state index contributed by atoms with van der Waals surface area (Å²) in [5.41, 5.74) is 0.917. The number of likely N-dealkylation sites (tertiary alicyclic amines) is 2. The second-order valence-electron chi connectivity index (χ2n) is 7.40. The van der Waals surface area contributed by atoms with Gasteiger partial charge >= 0.3 is 0 Å². The lowest BCUT2D eigenvalue weighted by Gasteiger charge is -2.37. The van der Waals surface area contributed by atoms with Crippen LogP contribution < -0.4 is 4.74 Å². The van der Waals surface area contributed by atoms with Crippen LogP contribution in [0.5, 0.6) is 5.75 Å². The number of hydrogen-bond acceptors (Lipinski definition) is 4. The summed E-state index contributed by atoms with van der Waals surface area (Å²) >= 11 is 0. The molecule has 25 heavy (non-hydrogen) atoms. The summed E-state index contributed by atoms with van der Waals surface area (Å²) < 4.78 is 12.0. The molecule has 1 aromatic carbocycles. The van der Waals surface area contributed by atoms with Crippen LogP contribution in [-0.2, 0) is 9.53 Å². The molecule has 0 bridgehead atoms. The SMILES string of the molecule is CO[C@@]1(COc2ccccc2C)CCN(C2CCN(C(C)=O)CC2)C1. The van der Waals surface area contributed by atoms with E-state index in [0.29, 0.717) is 12.6 Å². The molecular formula is C20H30N2O3. The summed E-state index contributed by atoms with van der Waals surface area (Å²) in [4.78, 5) is 16.0. The second kappa shape index (κ2) is 7.75. The summed E-state index contributed by atoms with van der Waals surface area (Å²) in [7, 11) is 1.79. The number of piperidine rings is 1. The first kappa shape index (κ1) is 18.2. The minimum atomic E-state index is -0.236. The highest BCUT2D eigenvalue weighted by atomic mass is 16.5. The lowest BCUT2D eigenvalue weighted by atomic mass is 10.0. The fraction of sp³-hybridized carbons (Fsp3) is 0.650. The van der Waals surface area contributed by atoms with Gasteiger partial charge in [-0.05, 0) is 37.8 Å². The molecule has 0 radical (unpaired) electrons. The zero-order valence-corrected chi connectivity index (χ0v) is 15.7. The molecule has 138 valence electrons. The zero-order chi connectivity index (χ0) is 17.9. The maximum atomic E-state index is 11.5. The quantitative estimate of drug-likeness (QED) is 0.821. The van der Waals surface area contributed by atoms with E-state index in [2.05, 4.69) is 17.9 Å². The van der Waals surface area contributed by atoms with Crippen molar-refractivity contribution in [3.63, 3.8) is 0 Å². The molecule has 0 unspecified atom stereocenters. The van der Waals surface area contributed by atoms with Crippen LogP contribution in [0.1, 0.15) is 31.7 Å². The molecule has 2 saturated heterocycles. The molecule has 5 nitrogen and oxygen atoms in total. The molecular weight excluding hydrogens is 316 g/mol. The smallest absolute Gasteiger partial charge is 0.219 e. The van der Waals surface area contributed by atoms with E-state index >= 15 is 0 Å². The average molecular weight is 346 g/mol. The van der Waals surface area contributed by atoms with Crippen molar-refractivity contribution >= 4 is 5.91 Å². The first-order chi connectivity index (χ1) is 12.0. The van der Waals surface area contributed by atoms with E-state index in [1.54, 1.807) is 14.0 Å². The number of nitrogens with zero attached hydrogens (tertiary/aromatic N) is 2. The number of aryl methyl sites for hydroxylation is 1. The van der Waals surface area contributed by atoms with Gasteiger partial charge in [-0.3, -0.25) is 9.69 Å². The van der Waals surface area contributed by atoms with Crippen LogP contribution in [0.25, 0.3) is 0 Å². The zero-order valence-electron chi connectivity index (χ0n) is 15.7. The molecule has 2 aliphatic heterocycles. The Hall–Kier alpha value is -1.59. The van der Waals surface area contributed by atoms with E-state index in [0.717, 1.165) is 56.8 Å². The van der Waals surface area contributed by atoms with Crippen molar-refractivity contribution in [1.82, 2.24) is 9.80 Å². The van der Waals surface area contributed by atoms with Crippen molar-refractivity contribution < 1.29 is 14.3 Å². The number of hydrogen-bond donors (Lipinski definition) is 0. The number of ether oxygens (including phenoxy) is 2. The highest BCUT2D eigenvalue weighted by Crippen LogP contribution is 2.31. The molecule has 5 heteroatoms. The average Bonchev–Trinajstić information content (AvgIpc) is 3.06. The molecule has 0 saturated carbocycles. The molecule has 2 fully saturated rings. The normalized spacial score (nSPS) is 25.3. The molecule has 1 amide bonds. The minimum Gasteiger partial charge on any atom is -0.490 e. The topological polar surface area (TPSA) is 42.0 Å². The molecule has 1 aromatic rings. The van der Waals surface area contributed by atoms with Crippen molar-refractivity contribution in [3.05, 3.63) is 29.8 Å². The Balaban J connectivity index is 1.56. The summed E-state index contributed by atoms with van der Waals surface area (Å²) in [6.07, 6.45) is 3.10. The Labute approximate surface area is 150 Å². The fourth-order valence-electron chi connectivity index (χ4n) is 4.00. The Kier molecular flexibility index (Phi) is 5.64. The predicted octanol–water partition coefficient (Wildman–Crippen LogP) is 2.48. The van der Waals surface area contributed by atoms with Gasteiger partial charge in [0, 0.05) is 46.3 Å². The van der Waals surface area contributed by atoms with Gasteiger partial charge in [0.25, 0.3) is 0 Å².